The van der Waals surface area contributed by atoms with Gasteiger partial charge in [-0.25, -0.2) is 0 Å². The summed E-state index contributed by atoms with van der Waals surface area (Å²) in [4.78, 5) is 0. The molecule has 3 rings (SSSR count). The fourth-order valence-corrected chi connectivity index (χ4v) is 2.43. The Balaban J connectivity index is 2.28. The van der Waals surface area contributed by atoms with E-state index in [1.807, 2.05) is 24.3 Å². The van der Waals surface area contributed by atoms with Gasteiger partial charge in [-0.05, 0) is 18.1 Å². The van der Waals surface area contributed by atoms with Gasteiger partial charge in [0.2, 0.25) is 0 Å². The molecule has 0 bridgehead atoms. The molecule has 2 nitrogen and oxygen atoms in total. The number of hydrogen-bond donors (Lipinski definition) is 0. The van der Waals surface area contributed by atoms with Crippen molar-refractivity contribution in [2.75, 3.05) is 0 Å². The molecule has 0 spiro atoms. The van der Waals surface area contributed by atoms with Gasteiger partial charge in [0.1, 0.15) is 5.69 Å². The first-order valence-electron chi connectivity index (χ1n) is 6.30. The molecule has 3 heteroatoms. The molecule has 2 aromatic carbocycles. The summed E-state index contributed by atoms with van der Waals surface area (Å²) in [6.45, 7) is 2.14. The molecule has 3 aromatic rings. The maximum absolute atomic E-state index is 6.10. The average Bonchev–Trinajstić information content (AvgIpc) is 2.48. The van der Waals surface area contributed by atoms with E-state index in [4.69, 9.17) is 11.6 Å². The minimum Gasteiger partial charge on any atom is -0.148 e. The van der Waals surface area contributed by atoms with Gasteiger partial charge < -0.3 is 0 Å². The topological polar surface area (TPSA) is 25.8 Å². The number of nitrogens with zero attached hydrogens (tertiary/aromatic N) is 2. The van der Waals surface area contributed by atoms with Gasteiger partial charge in [-0.3, -0.25) is 0 Å². The highest BCUT2D eigenvalue weighted by atomic mass is 35.5. The van der Waals surface area contributed by atoms with Crippen molar-refractivity contribution >= 4 is 22.4 Å². The number of hydrogen-bond acceptors (Lipinski definition) is 2. The highest BCUT2D eigenvalue weighted by Crippen LogP contribution is 2.29. The lowest BCUT2D eigenvalue weighted by Crippen LogP contribution is -1.92. The van der Waals surface area contributed by atoms with Crippen molar-refractivity contribution in [1.29, 1.82) is 0 Å². The zero-order valence-corrected chi connectivity index (χ0v) is 11.4. The Labute approximate surface area is 117 Å². The van der Waals surface area contributed by atoms with Gasteiger partial charge >= 0.3 is 0 Å². The van der Waals surface area contributed by atoms with Crippen LogP contribution in [0.3, 0.4) is 0 Å². The molecule has 0 aliphatic carbocycles. The van der Waals surface area contributed by atoms with Crippen LogP contribution in [-0.2, 0) is 6.42 Å². The van der Waals surface area contributed by atoms with Crippen LogP contribution in [0.25, 0.3) is 22.0 Å². The first-order valence-corrected chi connectivity index (χ1v) is 6.67. The normalized spacial score (nSPS) is 10.8. The quantitative estimate of drug-likeness (QED) is 0.683. The van der Waals surface area contributed by atoms with E-state index in [2.05, 4.69) is 41.4 Å². The van der Waals surface area contributed by atoms with Crippen LogP contribution in [0.2, 0.25) is 5.15 Å². The van der Waals surface area contributed by atoms with E-state index in [-0.39, 0.29) is 0 Å². The van der Waals surface area contributed by atoms with Gasteiger partial charge in [0.25, 0.3) is 0 Å². The highest BCUT2D eigenvalue weighted by Gasteiger charge is 2.09. The summed E-state index contributed by atoms with van der Waals surface area (Å²) in [6.07, 6.45) is 1.01. The number of fused-ring (bicyclic) bond motifs is 1. The van der Waals surface area contributed by atoms with Gasteiger partial charge in [-0.15, -0.1) is 10.2 Å². The molecule has 0 aliphatic rings. The van der Waals surface area contributed by atoms with E-state index in [1.54, 1.807) is 0 Å². The zero-order chi connectivity index (χ0) is 13.2. The van der Waals surface area contributed by atoms with Crippen molar-refractivity contribution in [1.82, 2.24) is 10.2 Å². The van der Waals surface area contributed by atoms with Gasteiger partial charge in [0.05, 0.1) is 0 Å². The monoisotopic (exact) mass is 268 g/mol. The second-order valence-corrected chi connectivity index (χ2v) is 4.80. The maximum atomic E-state index is 6.10. The van der Waals surface area contributed by atoms with Crippen molar-refractivity contribution in [2.45, 2.75) is 13.3 Å². The van der Waals surface area contributed by atoms with Crippen molar-refractivity contribution in [3.05, 3.63) is 59.2 Å². The second kappa shape index (κ2) is 4.98. The molecule has 0 atom stereocenters. The first kappa shape index (κ1) is 12.1. The molecule has 0 N–H and O–H groups in total. The summed E-state index contributed by atoms with van der Waals surface area (Å²) < 4.78 is 0. The second-order valence-electron chi connectivity index (χ2n) is 4.44. The molecule has 0 radical (unpaired) electrons. The summed E-state index contributed by atoms with van der Waals surface area (Å²) >= 11 is 6.10. The largest absolute Gasteiger partial charge is 0.159 e. The third kappa shape index (κ3) is 2.20. The van der Waals surface area contributed by atoms with Crippen LogP contribution in [0.1, 0.15) is 12.5 Å². The fourth-order valence-electron chi connectivity index (χ4n) is 2.22. The van der Waals surface area contributed by atoms with Crippen LogP contribution in [0.15, 0.2) is 48.5 Å². The zero-order valence-electron chi connectivity index (χ0n) is 10.6. The molecule has 94 valence electrons. The third-order valence-corrected chi connectivity index (χ3v) is 3.53. The number of rotatable bonds is 2. The van der Waals surface area contributed by atoms with E-state index >= 15 is 0 Å². The SMILES string of the molecule is CCc1cccc(-c2nnc(Cl)c3ccccc23)c1. The summed E-state index contributed by atoms with van der Waals surface area (Å²) in [5.41, 5.74) is 3.26. The van der Waals surface area contributed by atoms with Crippen molar-refractivity contribution in [2.24, 2.45) is 0 Å². The average molecular weight is 269 g/mol. The van der Waals surface area contributed by atoms with Crippen LogP contribution in [0, 0.1) is 0 Å². The molecular weight excluding hydrogens is 256 g/mol. The molecule has 0 saturated carbocycles. The van der Waals surface area contributed by atoms with Gasteiger partial charge in [0, 0.05) is 16.3 Å². The number of aromatic nitrogens is 2. The van der Waals surface area contributed by atoms with E-state index in [0.29, 0.717) is 5.15 Å². The Morgan fingerprint density at radius 1 is 0.947 bits per heavy atom. The third-order valence-electron chi connectivity index (χ3n) is 3.25. The number of halogens is 1. The minimum atomic E-state index is 0.450. The predicted octanol–water partition coefficient (Wildman–Crippen LogP) is 4.51. The van der Waals surface area contributed by atoms with Crippen LogP contribution in [-0.4, -0.2) is 10.2 Å². The highest BCUT2D eigenvalue weighted by molar-refractivity contribution is 6.34. The fraction of sp³-hybridized carbons (Fsp3) is 0.125. The van der Waals surface area contributed by atoms with Crippen LogP contribution in [0.4, 0.5) is 0 Å². The summed E-state index contributed by atoms with van der Waals surface area (Å²) in [5.74, 6) is 0. The van der Waals surface area contributed by atoms with Gasteiger partial charge in [0.15, 0.2) is 5.15 Å². The van der Waals surface area contributed by atoms with Gasteiger partial charge in [-0.1, -0.05) is 61.0 Å². The lowest BCUT2D eigenvalue weighted by Gasteiger charge is -2.07. The molecule has 1 aromatic heterocycles. The maximum Gasteiger partial charge on any atom is 0.159 e. The standard InChI is InChI=1S/C16H13ClN2/c1-2-11-6-5-7-12(10-11)15-13-8-3-4-9-14(13)16(17)19-18-15/h3-10H,2H2,1H3. The summed E-state index contributed by atoms with van der Waals surface area (Å²) in [5, 5.41) is 10.8. The Kier molecular flexibility index (Phi) is 3.18. The van der Waals surface area contributed by atoms with Crippen LogP contribution < -0.4 is 0 Å². The Morgan fingerprint density at radius 2 is 1.74 bits per heavy atom. The smallest absolute Gasteiger partial charge is 0.148 e. The predicted molar refractivity (Wildman–Crippen MR) is 79.4 cm³/mol. The minimum absolute atomic E-state index is 0.450. The lowest BCUT2D eigenvalue weighted by molar-refractivity contribution is 1.05. The Morgan fingerprint density at radius 3 is 2.53 bits per heavy atom. The van der Waals surface area contributed by atoms with Crippen molar-refractivity contribution in [3.8, 4) is 11.3 Å². The molecule has 0 fully saturated rings. The van der Waals surface area contributed by atoms with E-state index in [9.17, 15) is 0 Å². The number of aryl methyl sites for hydroxylation is 1. The molecular formula is C16H13ClN2. The van der Waals surface area contributed by atoms with Crippen molar-refractivity contribution in [3.63, 3.8) is 0 Å². The molecule has 0 amide bonds. The molecule has 0 aliphatic heterocycles. The van der Waals surface area contributed by atoms with E-state index in [1.165, 1.54) is 5.56 Å². The molecule has 1 heterocycles. The Bertz CT molecular complexity index is 738. The molecule has 19 heavy (non-hydrogen) atoms. The number of benzene rings is 2. The van der Waals surface area contributed by atoms with E-state index in [0.717, 1.165) is 28.5 Å². The first-order chi connectivity index (χ1) is 9.29. The van der Waals surface area contributed by atoms with E-state index < -0.39 is 0 Å². The van der Waals surface area contributed by atoms with Crippen LogP contribution in [0.5, 0.6) is 0 Å². The summed E-state index contributed by atoms with van der Waals surface area (Å²) in [6, 6.07) is 16.3. The Hall–Kier alpha value is -1.93. The van der Waals surface area contributed by atoms with Crippen LogP contribution >= 0.6 is 11.6 Å². The molecule has 0 unspecified atom stereocenters. The summed E-state index contributed by atoms with van der Waals surface area (Å²) in [7, 11) is 0. The molecule has 0 saturated heterocycles. The lowest BCUT2D eigenvalue weighted by atomic mass is 10.0. The van der Waals surface area contributed by atoms with Gasteiger partial charge in [-0.2, -0.15) is 0 Å². The van der Waals surface area contributed by atoms with Crippen molar-refractivity contribution < 1.29 is 0 Å².